The van der Waals surface area contributed by atoms with Crippen LogP contribution >= 0.6 is 0 Å². The quantitative estimate of drug-likeness (QED) is 0.650. The highest BCUT2D eigenvalue weighted by Crippen LogP contribution is 2.36. The smallest absolute Gasteiger partial charge is 0.294 e. The first-order valence-electron chi connectivity index (χ1n) is 5.74. The number of aromatic nitrogens is 1. The number of Topliss-reactive ketones (excluding diaryl/α,β-unsaturated/α-hetero) is 1. The number of nitrogens with zero attached hydrogens (tertiary/aromatic N) is 1. The van der Waals surface area contributed by atoms with E-state index in [-0.39, 0.29) is 6.79 Å². The fourth-order valence-corrected chi connectivity index (χ4v) is 2.02. The SMILES string of the molecule is CN(C)C(=O)C(=O)c1c[nH]c2cc3c(cc12)OCO3. The van der Waals surface area contributed by atoms with E-state index >= 15 is 0 Å². The predicted octanol–water partition coefficient (Wildman–Crippen LogP) is 1.17. The van der Waals surface area contributed by atoms with Crippen molar-refractivity contribution in [3.8, 4) is 11.5 Å². The molecule has 1 aliphatic rings. The molecule has 0 aliphatic carbocycles. The Balaban J connectivity index is 2.10. The number of carbonyl (C=O) groups excluding carboxylic acids is 2. The van der Waals surface area contributed by atoms with Crippen LogP contribution in [0.1, 0.15) is 10.4 Å². The zero-order chi connectivity index (χ0) is 13.6. The van der Waals surface area contributed by atoms with Gasteiger partial charge in [-0.3, -0.25) is 9.59 Å². The number of aromatic amines is 1. The van der Waals surface area contributed by atoms with Crippen LogP contribution in [0.4, 0.5) is 0 Å². The average molecular weight is 260 g/mol. The van der Waals surface area contributed by atoms with Gasteiger partial charge in [0.1, 0.15) is 0 Å². The molecule has 0 saturated heterocycles. The number of nitrogens with one attached hydrogen (secondary N) is 1. The molecule has 0 saturated carbocycles. The third-order valence-corrected chi connectivity index (χ3v) is 3.02. The van der Waals surface area contributed by atoms with Crippen LogP contribution in [-0.2, 0) is 4.79 Å². The van der Waals surface area contributed by atoms with Gasteiger partial charge in [-0.15, -0.1) is 0 Å². The molecule has 6 heteroatoms. The summed E-state index contributed by atoms with van der Waals surface area (Å²) < 4.78 is 10.5. The van der Waals surface area contributed by atoms with E-state index in [1.807, 2.05) is 0 Å². The van der Waals surface area contributed by atoms with Gasteiger partial charge in [0.05, 0.1) is 11.1 Å². The van der Waals surface area contributed by atoms with Crippen LogP contribution in [0.2, 0.25) is 0 Å². The number of ketones is 1. The third-order valence-electron chi connectivity index (χ3n) is 3.02. The van der Waals surface area contributed by atoms with Gasteiger partial charge in [0.15, 0.2) is 11.5 Å². The maximum atomic E-state index is 12.1. The van der Waals surface area contributed by atoms with Gasteiger partial charge < -0.3 is 19.4 Å². The van der Waals surface area contributed by atoms with E-state index in [1.165, 1.54) is 11.1 Å². The summed E-state index contributed by atoms with van der Waals surface area (Å²) in [6.45, 7) is 0.169. The Morgan fingerprint density at radius 3 is 2.58 bits per heavy atom. The number of ether oxygens (including phenoxy) is 2. The van der Waals surface area contributed by atoms with Crippen LogP contribution in [0.3, 0.4) is 0 Å². The summed E-state index contributed by atoms with van der Waals surface area (Å²) in [5, 5.41) is 0.657. The van der Waals surface area contributed by atoms with E-state index in [0.29, 0.717) is 22.4 Å². The van der Waals surface area contributed by atoms with Gasteiger partial charge in [-0.05, 0) is 6.07 Å². The lowest BCUT2D eigenvalue weighted by Crippen LogP contribution is -2.29. The zero-order valence-corrected chi connectivity index (χ0v) is 10.5. The Morgan fingerprint density at radius 1 is 1.21 bits per heavy atom. The highest BCUT2D eigenvalue weighted by Gasteiger charge is 2.23. The molecule has 1 amide bonds. The lowest BCUT2D eigenvalue weighted by atomic mass is 10.1. The lowest BCUT2D eigenvalue weighted by Gasteiger charge is -2.08. The molecule has 98 valence electrons. The van der Waals surface area contributed by atoms with E-state index in [4.69, 9.17) is 9.47 Å². The van der Waals surface area contributed by atoms with Crippen molar-refractivity contribution in [1.82, 2.24) is 9.88 Å². The molecule has 0 atom stereocenters. The van der Waals surface area contributed by atoms with E-state index in [1.54, 1.807) is 26.2 Å². The van der Waals surface area contributed by atoms with Gasteiger partial charge >= 0.3 is 0 Å². The minimum absolute atomic E-state index is 0.169. The number of amides is 1. The van der Waals surface area contributed by atoms with E-state index in [2.05, 4.69) is 4.98 Å². The van der Waals surface area contributed by atoms with Gasteiger partial charge in [-0.2, -0.15) is 0 Å². The monoisotopic (exact) mass is 260 g/mol. The minimum Gasteiger partial charge on any atom is -0.454 e. The number of benzene rings is 1. The molecule has 1 aromatic heterocycles. The minimum atomic E-state index is -0.557. The van der Waals surface area contributed by atoms with Crippen molar-refractivity contribution in [2.24, 2.45) is 0 Å². The first kappa shape index (κ1) is 11.6. The fraction of sp³-hybridized carbons (Fsp3) is 0.231. The Hall–Kier alpha value is -2.50. The van der Waals surface area contributed by atoms with Gasteiger partial charge in [0.2, 0.25) is 6.79 Å². The highest BCUT2D eigenvalue weighted by molar-refractivity contribution is 6.44. The van der Waals surface area contributed by atoms with Crippen LogP contribution in [0, 0.1) is 0 Å². The van der Waals surface area contributed by atoms with Crippen molar-refractivity contribution in [3.63, 3.8) is 0 Å². The Kier molecular flexibility index (Phi) is 2.45. The molecular formula is C13H12N2O4. The molecule has 19 heavy (non-hydrogen) atoms. The number of hydrogen-bond acceptors (Lipinski definition) is 4. The standard InChI is InChI=1S/C13H12N2O4/c1-15(2)13(17)12(16)8-5-14-9-4-11-10(3-7(8)9)18-6-19-11/h3-5,14H,6H2,1-2H3. The molecule has 6 nitrogen and oxygen atoms in total. The molecule has 0 bridgehead atoms. The summed E-state index contributed by atoms with van der Waals surface area (Å²) in [6.07, 6.45) is 1.53. The van der Waals surface area contributed by atoms with Crippen LogP contribution in [0.25, 0.3) is 10.9 Å². The Labute approximate surface area is 108 Å². The van der Waals surface area contributed by atoms with Crippen LogP contribution in [0.5, 0.6) is 11.5 Å². The molecule has 3 rings (SSSR count). The van der Waals surface area contributed by atoms with Crippen molar-refractivity contribution in [2.45, 2.75) is 0 Å². The third kappa shape index (κ3) is 1.72. The fourth-order valence-electron chi connectivity index (χ4n) is 2.02. The summed E-state index contributed by atoms with van der Waals surface area (Å²) in [5.74, 6) is 0.111. The van der Waals surface area contributed by atoms with Gasteiger partial charge in [0.25, 0.3) is 11.7 Å². The van der Waals surface area contributed by atoms with Crippen LogP contribution in [-0.4, -0.2) is 42.5 Å². The molecule has 1 N–H and O–H groups in total. The topological polar surface area (TPSA) is 71.6 Å². The molecule has 0 radical (unpaired) electrons. The first-order valence-corrected chi connectivity index (χ1v) is 5.74. The second-order valence-corrected chi connectivity index (χ2v) is 4.48. The molecule has 2 heterocycles. The summed E-state index contributed by atoms with van der Waals surface area (Å²) in [5.41, 5.74) is 1.08. The van der Waals surface area contributed by atoms with Gasteiger partial charge in [-0.1, -0.05) is 0 Å². The summed E-state index contributed by atoms with van der Waals surface area (Å²) in [7, 11) is 3.09. The van der Waals surface area contributed by atoms with Crippen molar-refractivity contribution in [2.75, 3.05) is 20.9 Å². The van der Waals surface area contributed by atoms with Crippen LogP contribution in [0.15, 0.2) is 18.3 Å². The van der Waals surface area contributed by atoms with Crippen molar-refractivity contribution >= 4 is 22.6 Å². The Morgan fingerprint density at radius 2 is 1.89 bits per heavy atom. The predicted molar refractivity (Wildman–Crippen MR) is 67.4 cm³/mol. The second kappa shape index (κ2) is 4.01. The van der Waals surface area contributed by atoms with E-state index in [0.717, 1.165) is 5.52 Å². The number of H-pyrrole nitrogens is 1. The molecule has 0 fully saturated rings. The molecular weight excluding hydrogens is 248 g/mol. The number of likely N-dealkylation sites (N-methyl/N-ethyl adjacent to an activating group) is 1. The largest absolute Gasteiger partial charge is 0.454 e. The average Bonchev–Trinajstić information content (AvgIpc) is 2.99. The molecule has 0 unspecified atom stereocenters. The molecule has 0 spiro atoms. The lowest BCUT2D eigenvalue weighted by molar-refractivity contribution is -0.124. The van der Waals surface area contributed by atoms with E-state index < -0.39 is 11.7 Å². The van der Waals surface area contributed by atoms with Gasteiger partial charge in [-0.25, -0.2) is 0 Å². The summed E-state index contributed by atoms with van der Waals surface area (Å²) >= 11 is 0. The van der Waals surface area contributed by atoms with E-state index in [9.17, 15) is 9.59 Å². The molecule has 2 aromatic rings. The highest BCUT2D eigenvalue weighted by atomic mass is 16.7. The second-order valence-electron chi connectivity index (χ2n) is 4.48. The maximum absolute atomic E-state index is 12.1. The van der Waals surface area contributed by atoms with Crippen molar-refractivity contribution in [1.29, 1.82) is 0 Å². The number of rotatable bonds is 2. The number of hydrogen-bond donors (Lipinski definition) is 1. The van der Waals surface area contributed by atoms with Gasteiger partial charge in [0, 0.05) is 31.7 Å². The summed E-state index contributed by atoms with van der Waals surface area (Å²) in [6, 6.07) is 3.47. The normalized spacial score (nSPS) is 12.7. The zero-order valence-electron chi connectivity index (χ0n) is 10.5. The van der Waals surface area contributed by atoms with Crippen molar-refractivity contribution in [3.05, 3.63) is 23.9 Å². The first-order chi connectivity index (χ1) is 9.08. The maximum Gasteiger partial charge on any atom is 0.294 e. The number of carbonyl (C=O) groups is 2. The number of fused-ring (bicyclic) bond motifs is 2. The van der Waals surface area contributed by atoms with Crippen molar-refractivity contribution < 1.29 is 19.1 Å². The summed E-state index contributed by atoms with van der Waals surface area (Å²) in [4.78, 5) is 28.0. The molecule has 1 aromatic carbocycles. The molecule has 1 aliphatic heterocycles. The van der Waals surface area contributed by atoms with Crippen LogP contribution < -0.4 is 9.47 Å². The Bertz CT molecular complexity index is 687.